The van der Waals surface area contributed by atoms with Crippen LogP contribution in [0.5, 0.6) is 0 Å². The van der Waals surface area contributed by atoms with Gasteiger partial charge in [-0.3, -0.25) is 4.90 Å². The maximum absolute atomic E-state index is 12.9. The van der Waals surface area contributed by atoms with Crippen molar-refractivity contribution in [2.24, 2.45) is 0 Å². The van der Waals surface area contributed by atoms with Crippen LogP contribution in [0.1, 0.15) is 17.5 Å². The molecule has 0 radical (unpaired) electrons. The van der Waals surface area contributed by atoms with Gasteiger partial charge in [-0.25, -0.2) is 0 Å². The van der Waals surface area contributed by atoms with Gasteiger partial charge in [0.25, 0.3) is 0 Å². The first-order chi connectivity index (χ1) is 9.92. The maximum atomic E-state index is 12.9. The van der Waals surface area contributed by atoms with E-state index in [2.05, 4.69) is 4.90 Å². The van der Waals surface area contributed by atoms with Crippen molar-refractivity contribution < 1.29 is 17.9 Å². The van der Waals surface area contributed by atoms with Gasteiger partial charge in [0.1, 0.15) is 5.40 Å². The molecule has 0 bridgehead atoms. The first kappa shape index (κ1) is 16.1. The molecule has 3 nitrogen and oxygen atoms in total. The van der Waals surface area contributed by atoms with Crippen molar-refractivity contribution >= 4 is 11.8 Å². The monoisotopic (exact) mass is 316 g/mol. The molecule has 1 heterocycles. The third-order valence-electron chi connectivity index (χ3n) is 3.43. The van der Waals surface area contributed by atoms with E-state index in [0.717, 1.165) is 36.9 Å². The van der Waals surface area contributed by atoms with Crippen LogP contribution in [0.15, 0.2) is 23.1 Å². The molecule has 0 spiro atoms. The quantitative estimate of drug-likeness (QED) is 0.629. The van der Waals surface area contributed by atoms with E-state index in [1.54, 1.807) is 13.2 Å². The van der Waals surface area contributed by atoms with Crippen LogP contribution in [0.25, 0.3) is 0 Å². The summed E-state index contributed by atoms with van der Waals surface area (Å²) < 4.78 is 43.9. The summed E-state index contributed by atoms with van der Waals surface area (Å²) in [5.41, 5.74) is -0.139. The lowest BCUT2D eigenvalue weighted by Crippen LogP contribution is -2.22. The summed E-state index contributed by atoms with van der Waals surface area (Å²) in [5, 5.41) is 10.5. The van der Waals surface area contributed by atoms with Crippen molar-refractivity contribution in [3.63, 3.8) is 0 Å². The van der Waals surface area contributed by atoms with Gasteiger partial charge in [0.15, 0.2) is 0 Å². The number of nitriles is 1. The third kappa shape index (κ3) is 4.37. The Hall–Kier alpha value is -1.23. The molecule has 21 heavy (non-hydrogen) atoms. The number of halogens is 3. The Kier molecular flexibility index (Phi) is 5.14. The Balaban J connectivity index is 2.18. The van der Waals surface area contributed by atoms with Crippen molar-refractivity contribution in [2.75, 3.05) is 20.2 Å². The minimum atomic E-state index is -4.40. The van der Waals surface area contributed by atoms with Crippen molar-refractivity contribution in [3.05, 3.63) is 29.3 Å². The summed E-state index contributed by atoms with van der Waals surface area (Å²) in [7, 11) is 1.64. The van der Waals surface area contributed by atoms with Crippen LogP contribution in [0, 0.1) is 10.7 Å². The fourth-order valence-electron chi connectivity index (χ4n) is 2.42. The molecule has 1 atom stereocenters. The normalized spacial score (nSPS) is 19.7. The Bertz CT molecular complexity index is 542. The molecule has 0 unspecified atom stereocenters. The van der Waals surface area contributed by atoms with E-state index >= 15 is 0 Å². The molecular weight excluding hydrogens is 301 g/mol. The number of rotatable bonds is 4. The fraction of sp³-hybridized carbons (Fsp3) is 0.500. The van der Waals surface area contributed by atoms with E-state index in [1.807, 2.05) is 5.40 Å². The third-order valence-corrected chi connectivity index (χ3v) is 3.99. The smallest absolute Gasteiger partial charge is 0.380 e. The molecular formula is C14H15F3N2OS. The first-order valence-corrected chi connectivity index (χ1v) is 7.26. The van der Waals surface area contributed by atoms with Gasteiger partial charge < -0.3 is 4.74 Å². The second kappa shape index (κ2) is 6.69. The molecule has 114 valence electrons. The molecule has 1 aliphatic heterocycles. The summed E-state index contributed by atoms with van der Waals surface area (Å²) in [5.74, 6) is 0. The molecule has 1 aromatic carbocycles. The van der Waals surface area contributed by atoms with Gasteiger partial charge in [0.2, 0.25) is 0 Å². The largest absolute Gasteiger partial charge is 0.416 e. The molecule has 0 N–H and O–H groups in total. The Labute approximate surface area is 125 Å². The number of ether oxygens (including phenoxy) is 1. The summed E-state index contributed by atoms with van der Waals surface area (Å²) >= 11 is 0.745. The number of thiocyanates is 1. The van der Waals surface area contributed by atoms with Gasteiger partial charge in [-0.1, -0.05) is 0 Å². The lowest BCUT2D eigenvalue weighted by atomic mass is 10.1. The Morgan fingerprint density at radius 2 is 2.19 bits per heavy atom. The molecule has 0 amide bonds. The van der Waals surface area contributed by atoms with Gasteiger partial charge in [0, 0.05) is 31.6 Å². The zero-order valence-corrected chi connectivity index (χ0v) is 12.3. The molecule has 1 fully saturated rings. The zero-order valence-electron chi connectivity index (χ0n) is 11.5. The van der Waals surface area contributed by atoms with Gasteiger partial charge in [-0.05, 0) is 41.9 Å². The number of nitrogens with zero attached hydrogens (tertiary/aromatic N) is 2. The summed E-state index contributed by atoms with van der Waals surface area (Å²) in [6.07, 6.45) is -3.38. The molecule has 1 saturated heterocycles. The minimum Gasteiger partial charge on any atom is -0.380 e. The first-order valence-electron chi connectivity index (χ1n) is 6.44. The number of thioether (sulfide) groups is 1. The maximum Gasteiger partial charge on any atom is 0.416 e. The van der Waals surface area contributed by atoms with Crippen LogP contribution >= 0.6 is 11.8 Å². The number of likely N-dealkylation sites (tertiary alicyclic amines) is 1. The summed E-state index contributed by atoms with van der Waals surface area (Å²) in [6.45, 7) is 1.95. The number of hydrogen-bond acceptors (Lipinski definition) is 4. The van der Waals surface area contributed by atoms with Crippen LogP contribution in [0.2, 0.25) is 0 Å². The number of methoxy groups -OCH3 is 1. The molecule has 1 aliphatic rings. The highest BCUT2D eigenvalue weighted by molar-refractivity contribution is 8.03. The topological polar surface area (TPSA) is 36.3 Å². The standard InChI is InChI=1S/C14H15F3N2OS/c1-20-12-2-3-19(8-12)7-10-4-11(14(15,16)17)6-13(5-10)21-9-18/h4-6,12H,2-3,7-8H2,1H3/t12-/m0/s1. The lowest BCUT2D eigenvalue weighted by Gasteiger charge is -2.17. The van der Waals surface area contributed by atoms with Crippen LogP contribution in [-0.4, -0.2) is 31.2 Å². The van der Waals surface area contributed by atoms with Gasteiger partial charge in [0.05, 0.1) is 11.7 Å². The average molecular weight is 316 g/mol. The van der Waals surface area contributed by atoms with E-state index in [-0.39, 0.29) is 6.10 Å². The second-order valence-electron chi connectivity index (χ2n) is 4.94. The van der Waals surface area contributed by atoms with Crippen LogP contribution in [-0.2, 0) is 17.5 Å². The highest BCUT2D eigenvalue weighted by atomic mass is 32.2. The van der Waals surface area contributed by atoms with Crippen LogP contribution in [0.4, 0.5) is 13.2 Å². The molecule has 0 aromatic heterocycles. The predicted molar refractivity (Wildman–Crippen MR) is 73.6 cm³/mol. The second-order valence-corrected chi connectivity index (χ2v) is 5.80. The van der Waals surface area contributed by atoms with Crippen molar-refractivity contribution in [1.29, 1.82) is 5.26 Å². The van der Waals surface area contributed by atoms with Crippen LogP contribution < -0.4 is 0 Å². The number of alkyl halides is 3. The SMILES string of the molecule is CO[C@H]1CCN(Cc2cc(SC#N)cc(C(F)(F)F)c2)C1. The molecule has 1 aromatic rings. The molecule has 2 rings (SSSR count). The molecule has 0 saturated carbocycles. The number of hydrogen-bond donors (Lipinski definition) is 0. The Morgan fingerprint density at radius 1 is 1.43 bits per heavy atom. The van der Waals surface area contributed by atoms with E-state index < -0.39 is 11.7 Å². The summed E-state index contributed by atoms with van der Waals surface area (Å²) in [4.78, 5) is 2.38. The van der Waals surface area contributed by atoms with E-state index in [0.29, 0.717) is 23.5 Å². The van der Waals surface area contributed by atoms with E-state index in [4.69, 9.17) is 10.00 Å². The summed E-state index contributed by atoms with van der Waals surface area (Å²) in [6, 6.07) is 3.81. The highest BCUT2D eigenvalue weighted by Gasteiger charge is 2.31. The Morgan fingerprint density at radius 3 is 2.76 bits per heavy atom. The molecule has 7 heteroatoms. The van der Waals surface area contributed by atoms with E-state index in [9.17, 15) is 13.2 Å². The van der Waals surface area contributed by atoms with E-state index in [1.165, 1.54) is 0 Å². The zero-order chi connectivity index (χ0) is 15.5. The average Bonchev–Trinajstić information content (AvgIpc) is 2.85. The van der Waals surface area contributed by atoms with Gasteiger partial charge in [-0.2, -0.15) is 18.4 Å². The number of benzene rings is 1. The van der Waals surface area contributed by atoms with Gasteiger partial charge >= 0.3 is 6.18 Å². The molecule has 0 aliphatic carbocycles. The van der Waals surface area contributed by atoms with Crippen molar-refractivity contribution in [2.45, 2.75) is 30.1 Å². The highest BCUT2D eigenvalue weighted by Crippen LogP contribution is 2.33. The lowest BCUT2D eigenvalue weighted by molar-refractivity contribution is -0.137. The van der Waals surface area contributed by atoms with Crippen molar-refractivity contribution in [3.8, 4) is 5.40 Å². The van der Waals surface area contributed by atoms with Crippen molar-refractivity contribution in [1.82, 2.24) is 4.90 Å². The predicted octanol–water partition coefficient (Wildman–Crippen LogP) is 3.50. The van der Waals surface area contributed by atoms with Crippen LogP contribution in [0.3, 0.4) is 0 Å². The minimum absolute atomic E-state index is 0.142. The van der Waals surface area contributed by atoms with Gasteiger partial charge in [-0.15, -0.1) is 0 Å². The fourth-order valence-corrected chi connectivity index (χ4v) is 2.92.